The van der Waals surface area contributed by atoms with E-state index in [1.807, 2.05) is 38.1 Å². The normalized spacial score (nSPS) is 10.5. The van der Waals surface area contributed by atoms with Crippen molar-refractivity contribution in [1.82, 2.24) is 4.98 Å². The molecule has 1 heterocycles. The minimum atomic E-state index is 0.634. The van der Waals surface area contributed by atoms with Crippen LogP contribution in [0.2, 0.25) is 0 Å². The number of aromatic nitrogens is 1. The van der Waals surface area contributed by atoms with Gasteiger partial charge in [0.1, 0.15) is 11.3 Å². The molecule has 78 valence electrons. The first kappa shape index (κ1) is 9.77. The zero-order valence-electron chi connectivity index (χ0n) is 8.95. The molecule has 0 atom stereocenters. The molecule has 3 nitrogen and oxygen atoms in total. The smallest absolute Gasteiger partial charge is 0.145 e. The third kappa shape index (κ3) is 1.73. The first-order valence-electron chi connectivity index (χ1n) is 5.01. The van der Waals surface area contributed by atoms with Gasteiger partial charge in [0.25, 0.3) is 0 Å². The van der Waals surface area contributed by atoms with Crippen LogP contribution in [0.3, 0.4) is 0 Å². The van der Waals surface area contributed by atoms with Crippen LogP contribution in [0.1, 0.15) is 12.6 Å². The molecule has 0 saturated carbocycles. The minimum Gasteiger partial charge on any atom is -0.492 e. The molecule has 0 amide bonds. The Balaban J connectivity index is 2.73. The standard InChI is InChI=1S/C12H14N2O/c1-3-15-11-6-4-5-9-10(13)7-8(2)14-12(9)11/h4-7H,3H2,1-2H3,(H2,13,14). The van der Waals surface area contributed by atoms with Crippen LogP contribution in [-0.4, -0.2) is 11.6 Å². The number of aryl methyl sites for hydroxylation is 1. The Kier molecular flexibility index (Phi) is 2.46. The van der Waals surface area contributed by atoms with Crippen LogP contribution >= 0.6 is 0 Å². The Hall–Kier alpha value is -1.77. The number of fused-ring (bicyclic) bond motifs is 1. The maximum absolute atomic E-state index is 5.93. The summed E-state index contributed by atoms with van der Waals surface area (Å²) in [4.78, 5) is 4.45. The molecule has 1 aromatic heterocycles. The first-order valence-corrected chi connectivity index (χ1v) is 5.01. The number of nitrogens with two attached hydrogens (primary N) is 1. The molecule has 2 aromatic rings. The molecule has 0 fully saturated rings. The molecule has 0 unspecified atom stereocenters. The van der Waals surface area contributed by atoms with Crippen molar-refractivity contribution in [3.05, 3.63) is 30.0 Å². The van der Waals surface area contributed by atoms with Crippen molar-refractivity contribution in [3.8, 4) is 5.75 Å². The van der Waals surface area contributed by atoms with E-state index >= 15 is 0 Å². The molecule has 0 saturated heterocycles. The lowest BCUT2D eigenvalue weighted by molar-refractivity contribution is 0.343. The van der Waals surface area contributed by atoms with Gasteiger partial charge in [-0.2, -0.15) is 0 Å². The maximum Gasteiger partial charge on any atom is 0.145 e. The Labute approximate surface area is 88.9 Å². The van der Waals surface area contributed by atoms with Gasteiger partial charge in [-0.15, -0.1) is 0 Å². The lowest BCUT2D eigenvalue weighted by atomic mass is 10.1. The van der Waals surface area contributed by atoms with Crippen molar-refractivity contribution < 1.29 is 4.74 Å². The van der Waals surface area contributed by atoms with Gasteiger partial charge in [0.2, 0.25) is 0 Å². The van der Waals surface area contributed by atoms with E-state index in [0.717, 1.165) is 28.0 Å². The van der Waals surface area contributed by atoms with E-state index in [0.29, 0.717) is 6.61 Å². The van der Waals surface area contributed by atoms with Gasteiger partial charge in [0, 0.05) is 16.8 Å². The summed E-state index contributed by atoms with van der Waals surface area (Å²) in [6, 6.07) is 7.68. The molecule has 0 aliphatic rings. The Bertz CT molecular complexity index is 494. The van der Waals surface area contributed by atoms with Crippen LogP contribution in [0, 0.1) is 6.92 Å². The zero-order chi connectivity index (χ0) is 10.8. The molecule has 3 heteroatoms. The van der Waals surface area contributed by atoms with Gasteiger partial charge in [0.15, 0.2) is 0 Å². The molecule has 15 heavy (non-hydrogen) atoms. The van der Waals surface area contributed by atoms with Crippen molar-refractivity contribution in [3.63, 3.8) is 0 Å². The number of anilines is 1. The number of benzene rings is 1. The van der Waals surface area contributed by atoms with Gasteiger partial charge in [0.05, 0.1) is 6.61 Å². The molecule has 1 aromatic carbocycles. The molecule has 2 rings (SSSR count). The quantitative estimate of drug-likeness (QED) is 0.814. The third-order valence-corrected chi connectivity index (χ3v) is 2.26. The van der Waals surface area contributed by atoms with Gasteiger partial charge < -0.3 is 10.5 Å². The predicted octanol–water partition coefficient (Wildman–Crippen LogP) is 2.52. The highest BCUT2D eigenvalue weighted by molar-refractivity contribution is 5.94. The number of rotatable bonds is 2. The average molecular weight is 202 g/mol. The number of nitrogen functional groups attached to an aromatic ring is 1. The van der Waals surface area contributed by atoms with Crippen molar-refractivity contribution in [2.24, 2.45) is 0 Å². The molecule has 0 spiro atoms. The summed E-state index contributed by atoms with van der Waals surface area (Å²) in [5.41, 5.74) is 8.43. The molecular formula is C12H14N2O. The number of para-hydroxylation sites is 1. The Morgan fingerprint density at radius 3 is 2.93 bits per heavy atom. The second kappa shape index (κ2) is 3.77. The highest BCUT2D eigenvalue weighted by Gasteiger charge is 2.06. The van der Waals surface area contributed by atoms with E-state index in [1.165, 1.54) is 0 Å². The van der Waals surface area contributed by atoms with Gasteiger partial charge in [-0.3, -0.25) is 0 Å². The predicted molar refractivity (Wildman–Crippen MR) is 62.1 cm³/mol. The van der Waals surface area contributed by atoms with E-state index in [1.54, 1.807) is 0 Å². The summed E-state index contributed by atoms with van der Waals surface area (Å²) < 4.78 is 5.51. The largest absolute Gasteiger partial charge is 0.492 e. The van der Waals surface area contributed by atoms with E-state index < -0.39 is 0 Å². The number of hydrogen-bond donors (Lipinski definition) is 1. The number of ether oxygens (including phenoxy) is 1. The summed E-state index contributed by atoms with van der Waals surface area (Å²) in [7, 11) is 0. The van der Waals surface area contributed by atoms with Crippen molar-refractivity contribution in [2.45, 2.75) is 13.8 Å². The summed E-state index contributed by atoms with van der Waals surface area (Å²) in [6.07, 6.45) is 0. The van der Waals surface area contributed by atoms with Crippen molar-refractivity contribution in [1.29, 1.82) is 0 Å². The maximum atomic E-state index is 5.93. The fourth-order valence-electron chi connectivity index (χ4n) is 1.65. The molecule has 0 aliphatic carbocycles. The molecule has 2 N–H and O–H groups in total. The topological polar surface area (TPSA) is 48.1 Å². The van der Waals surface area contributed by atoms with E-state index in [4.69, 9.17) is 10.5 Å². The lowest BCUT2D eigenvalue weighted by Gasteiger charge is -2.08. The van der Waals surface area contributed by atoms with Crippen molar-refractivity contribution >= 4 is 16.6 Å². The van der Waals surface area contributed by atoms with Crippen LogP contribution < -0.4 is 10.5 Å². The number of nitrogens with zero attached hydrogens (tertiary/aromatic N) is 1. The van der Waals surface area contributed by atoms with Crippen LogP contribution in [-0.2, 0) is 0 Å². The monoisotopic (exact) mass is 202 g/mol. The first-order chi connectivity index (χ1) is 7.22. The SMILES string of the molecule is CCOc1cccc2c(N)cc(C)nc12. The number of pyridine rings is 1. The average Bonchev–Trinajstić information content (AvgIpc) is 2.19. The van der Waals surface area contributed by atoms with Gasteiger partial charge in [-0.1, -0.05) is 12.1 Å². The summed E-state index contributed by atoms with van der Waals surface area (Å²) in [5, 5.41) is 0.951. The van der Waals surface area contributed by atoms with Gasteiger partial charge in [-0.05, 0) is 26.0 Å². The second-order valence-electron chi connectivity index (χ2n) is 3.44. The Morgan fingerprint density at radius 2 is 2.20 bits per heavy atom. The highest BCUT2D eigenvalue weighted by Crippen LogP contribution is 2.28. The lowest BCUT2D eigenvalue weighted by Crippen LogP contribution is -1.97. The summed E-state index contributed by atoms with van der Waals surface area (Å²) >= 11 is 0. The van der Waals surface area contributed by atoms with E-state index in [2.05, 4.69) is 4.98 Å². The van der Waals surface area contributed by atoms with E-state index in [-0.39, 0.29) is 0 Å². The fourth-order valence-corrected chi connectivity index (χ4v) is 1.65. The van der Waals surface area contributed by atoms with Crippen LogP contribution in [0.25, 0.3) is 10.9 Å². The molecule has 0 bridgehead atoms. The summed E-state index contributed by atoms with van der Waals surface area (Å²) in [5.74, 6) is 0.797. The minimum absolute atomic E-state index is 0.634. The number of hydrogen-bond acceptors (Lipinski definition) is 3. The zero-order valence-corrected chi connectivity index (χ0v) is 8.95. The van der Waals surface area contributed by atoms with Gasteiger partial charge in [-0.25, -0.2) is 4.98 Å². The van der Waals surface area contributed by atoms with E-state index in [9.17, 15) is 0 Å². The molecule has 0 radical (unpaired) electrons. The molecular weight excluding hydrogens is 188 g/mol. The van der Waals surface area contributed by atoms with Crippen LogP contribution in [0.15, 0.2) is 24.3 Å². The van der Waals surface area contributed by atoms with Crippen LogP contribution in [0.5, 0.6) is 5.75 Å². The highest BCUT2D eigenvalue weighted by atomic mass is 16.5. The van der Waals surface area contributed by atoms with Gasteiger partial charge >= 0.3 is 0 Å². The van der Waals surface area contributed by atoms with Crippen molar-refractivity contribution in [2.75, 3.05) is 12.3 Å². The third-order valence-electron chi connectivity index (χ3n) is 2.26. The summed E-state index contributed by atoms with van der Waals surface area (Å²) in [6.45, 7) is 4.52. The molecule has 0 aliphatic heterocycles. The second-order valence-corrected chi connectivity index (χ2v) is 3.44. The van der Waals surface area contributed by atoms with Crippen LogP contribution in [0.4, 0.5) is 5.69 Å². The fraction of sp³-hybridized carbons (Fsp3) is 0.250. The Morgan fingerprint density at radius 1 is 1.40 bits per heavy atom.